The van der Waals surface area contributed by atoms with E-state index in [-0.39, 0.29) is 16.1 Å². The second kappa shape index (κ2) is 8.05. The van der Waals surface area contributed by atoms with Gasteiger partial charge in [0.1, 0.15) is 5.82 Å². The Kier molecular flexibility index (Phi) is 5.70. The Morgan fingerprint density at radius 2 is 1.55 bits per heavy atom. The zero-order valence-electron chi connectivity index (χ0n) is 16.3. The van der Waals surface area contributed by atoms with Crippen molar-refractivity contribution in [2.24, 2.45) is 0 Å². The molecule has 0 fully saturated rings. The van der Waals surface area contributed by atoms with Crippen LogP contribution in [0, 0.1) is 26.6 Å². The minimum absolute atomic E-state index is 0.0572. The van der Waals surface area contributed by atoms with Gasteiger partial charge in [0, 0.05) is 16.9 Å². The molecule has 0 aliphatic carbocycles. The molecule has 0 bridgehead atoms. The molecule has 0 radical (unpaired) electrons. The molecule has 7 heteroatoms. The topological polar surface area (TPSA) is 75.3 Å². The van der Waals surface area contributed by atoms with Gasteiger partial charge in [-0.1, -0.05) is 23.8 Å². The molecule has 150 valence electrons. The van der Waals surface area contributed by atoms with Crippen LogP contribution in [0.4, 0.5) is 15.8 Å². The molecule has 0 heterocycles. The summed E-state index contributed by atoms with van der Waals surface area (Å²) in [6.45, 7) is 5.59. The number of halogens is 1. The Balaban J connectivity index is 1.88. The van der Waals surface area contributed by atoms with E-state index in [1.54, 1.807) is 13.0 Å². The van der Waals surface area contributed by atoms with Gasteiger partial charge in [-0.15, -0.1) is 0 Å². The van der Waals surface area contributed by atoms with Crippen molar-refractivity contribution in [1.29, 1.82) is 0 Å². The molecule has 0 aliphatic heterocycles. The van der Waals surface area contributed by atoms with E-state index in [0.717, 1.165) is 23.3 Å². The highest BCUT2D eigenvalue weighted by atomic mass is 32.2. The van der Waals surface area contributed by atoms with Gasteiger partial charge < -0.3 is 5.32 Å². The Morgan fingerprint density at radius 3 is 2.21 bits per heavy atom. The van der Waals surface area contributed by atoms with Crippen LogP contribution in [-0.4, -0.2) is 14.3 Å². The van der Waals surface area contributed by atoms with Gasteiger partial charge in [0.25, 0.3) is 15.9 Å². The van der Waals surface area contributed by atoms with E-state index in [1.807, 2.05) is 32.0 Å². The number of aryl methyl sites for hydroxylation is 3. The third-order valence-corrected chi connectivity index (χ3v) is 5.87. The average molecular weight is 412 g/mol. The predicted molar refractivity (Wildman–Crippen MR) is 112 cm³/mol. The highest BCUT2D eigenvalue weighted by molar-refractivity contribution is 7.92. The maximum absolute atomic E-state index is 13.0. The van der Waals surface area contributed by atoms with E-state index in [1.165, 1.54) is 24.3 Å². The second-order valence-corrected chi connectivity index (χ2v) is 8.54. The number of amides is 1. The molecule has 5 nitrogen and oxygen atoms in total. The van der Waals surface area contributed by atoms with E-state index in [4.69, 9.17) is 0 Å². The van der Waals surface area contributed by atoms with Gasteiger partial charge in [-0.05, 0) is 74.4 Å². The molecule has 0 unspecified atom stereocenters. The molecule has 3 aromatic rings. The quantitative estimate of drug-likeness (QED) is 0.632. The molecule has 0 aliphatic rings. The standard InChI is InChI=1S/C22H21FN2O3S/c1-14-4-11-21(16(3)12-14)24-22(26)20-13-19(10-5-15(20)2)29(27,28)25-18-8-6-17(23)7-9-18/h4-13,25H,1-3H3,(H,24,26). The first-order chi connectivity index (χ1) is 13.7. The number of hydrogen-bond donors (Lipinski definition) is 2. The molecule has 3 rings (SSSR count). The summed E-state index contributed by atoms with van der Waals surface area (Å²) in [5, 5.41) is 2.83. The SMILES string of the molecule is Cc1ccc(NC(=O)c2cc(S(=O)(=O)Nc3ccc(F)cc3)ccc2C)c(C)c1. The molecule has 0 saturated carbocycles. The van der Waals surface area contributed by atoms with Gasteiger partial charge in [-0.3, -0.25) is 9.52 Å². The van der Waals surface area contributed by atoms with Gasteiger partial charge in [0.15, 0.2) is 0 Å². The fraction of sp³-hybridized carbons (Fsp3) is 0.136. The number of hydrogen-bond acceptors (Lipinski definition) is 3. The van der Waals surface area contributed by atoms with Gasteiger partial charge in [0.05, 0.1) is 4.90 Å². The van der Waals surface area contributed by atoms with Crippen molar-refractivity contribution >= 4 is 27.3 Å². The van der Waals surface area contributed by atoms with E-state index in [2.05, 4.69) is 10.0 Å². The van der Waals surface area contributed by atoms with Crippen molar-refractivity contribution < 1.29 is 17.6 Å². The van der Waals surface area contributed by atoms with Crippen molar-refractivity contribution in [1.82, 2.24) is 0 Å². The number of sulfonamides is 1. The molecule has 0 saturated heterocycles. The minimum atomic E-state index is -3.94. The first-order valence-corrected chi connectivity index (χ1v) is 10.4. The van der Waals surface area contributed by atoms with Crippen LogP contribution in [0.3, 0.4) is 0 Å². The van der Waals surface area contributed by atoms with E-state index in [9.17, 15) is 17.6 Å². The Morgan fingerprint density at radius 1 is 0.862 bits per heavy atom. The van der Waals surface area contributed by atoms with Gasteiger partial charge in [-0.2, -0.15) is 0 Å². The number of carbonyl (C=O) groups is 1. The lowest BCUT2D eigenvalue weighted by Crippen LogP contribution is -2.17. The lowest BCUT2D eigenvalue weighted by Gasteiger charge is -2.13. The Bertz CT molecular complexity index is 1170. The van der Waals surface area contributed by atoms with Crippen molar-refractivity contribution in [2.45, 2.75) is 25.7 Å². The summed E-state index contributed by atoms with van der Waals surface area (Å²) >= 11 is 0. The summed E-state index contributed by atoms with van der Waals surface area (Å²) in [5.74, 6) is -0.859. The van der Waals surface area contributed by atoms with E-state index in [0.29, 0.717) is 11.3 Å². The third kappa shape index (κ3) is 4.81. The minimum Gasteiger partial charge on any atom is -0.322 e. The van der Waals surface area contributed by atoms with Crippen molar-refractivity contribution in [3.63, 3.8) is 0 Å². The predicted octanol–water partition coefficient (Wildman–Crippen LogP) is 4.80. The molecule has 1 amide bonds. The lowest BCUT2D eigenvalue weighted by atomic mass is 10.1. The summed E-state index contributed by atoms with van der Waals surface area (Å²) in [7, 11) is -3.94. The Labute approximate surface area is 169 Å². The van der Waals surface area contributed by atoms with Crippen LogP contribution >= 0.6 is 0 Å². The summed E-state index contributed by atoms with van der Waals surface area (Å²) in [6.07, 6.45) is 0. The highest BCUT2D eigenvalue weighted by Gasteiger charge is 2.19. The van der Waals surface area contributed by atoms with Crippen LogP contribution in [0.5, 0.6) is 0 Å². The van der Waals surface area contributed by atoms with E-state index >= 15 is 0 Å². The van der Waals surface area contributed by atoms with Gasteiger partial charge in [-0.25, -0.2) is 12.8 Å². The summed E-state index contributed by atoms with van der Waals surface area (Å²) in [6, 6.07) is 15.0. The number of carbonyl (C=O) groups excluding carboxylic acids is 1. The van der Waals surface area contributed by atoms with Crippen molar-refractivity contribution in [3.8, 4) is 0 Å². The number of nitrogens with one attached hydrogen (secondary N) is 2. The first kappa shape index (κ1) is 20.5. The normalized spacial score (nSPS) is 11.2. The van der Waals surface area contributed by atoms with Crippen LogP contribution in [0.25, 0.3) is 0 Å². The Hall–Kier alpha value is -3.19. The maximum Gasteiger partial charge on any atom is 0.261 e. The van der Waals surface area contributed by atoms with Gasteiger partial charge in [0.2, 0.25) is 0 Å². The van der Waals surface area contributed by atoms with Crippen LogP contribution in [-0.2, 0) is 10.0 Å². The molecule has 0 aromatic heterocycles. The summed E-state index contributed by atoms with van der Waals surface area (Å²) in [5.41, 5.74) is 3.79. The number of rotatable bonds is 5. The zero-order chi connectivity index (χ0) is 21.2. The van der Waals surface area contributed by atoms with Crippen LogP contribution in [0.2, 0.25) is 0 Å². The second-order valence-electron chi connectivity index (χ2n) is 6.86. The van der Waals surface area contributed by atoms with Crippen molar-refractivity contribution in [3.05, 3.63) is 88.7 Å². The fourth-order valence-electron chi connectivity index (χ4n) is 2.89. The van der Waals surface area contributed by atoms with Crippen molar-refractivity contribution in [2.75, 3.05) is 10.0 Å². The molecular weight excluding hydrogens is 391 g/mol. The van der Waals surface area contributed by atoms with Gasteiger partial charge >= 0.3 is 0 Å². The third-order valence-electron chi connectivity index (χ3n) is 4.49. The first-order valence-electron chi connectivity index (χ1n) is 8.93. The maximum atomic E-state index is 13.0. The smallest absolute Gasteiger partial charge is 0.261 e. The fourth-order valence-corrected chi connectivity index (χ4v) is 3.97. The monoisotopic (exact) mass is 412 g/mol. The lowest BCUT2D eigenvalue weighted by molar-refractivity contribution is 0.102. The molecule has 0 spiro atoms. The largest absolute Gasteiger partial charge is 0.322 e. The zero-order valence-corrected chi connectivity index (χ0v) is 17.1. The number of anilines is 2. The van der Waals surface area contributed by atoms with E-state index < -0.39 is 21.7 Å². The molecule has 3 aromatic carbocycles. The summed E-state index contributed by atoms with van der Waals surface area (Å²) in [4.78, 5) is 12.7. The molecule has 29 heavy (non-hydrogen) atoms. The van der Waals surface area contributed by atoms with Crippen LogP contribution < -0.4 is 10.0 Å². The summed E-state index contributed by atoms with van der Waals surface area (Å²) < 4.78 is 40.8. The molecule has 0 atom stereocenters. The molecule has 2 N–H and O–H groups in total. The number of benzene rings is 3. The van der Waals surface area contributed by atoms with Crippen LogP contribution in [0.1, 0.15) is 27.0 Å². The molecular formula is C22H21FN2O3S. The van der Waals surface area contributed by atoms with Crippen LogP contribution in [0.15, 0.2) is 65.6 Å². The highest BCUT2D eigenvalue weighted by Crippen LogP contribution is 2.22. The average Bonchev–Trinajstić information content (AvgIpc) is 2.66.